The molecule has 1 aliphatic rings. The van der Waals surface area contributed by atoms with Gasteiger partial charge in [-0.3, -0.25) is 9.48 Å². The number of furan rings is 1. The number of carbonyl (C=O) groups is 1. The van der Waals surface area contributed by atoms with Crippen LogP contribution in [0, 0.1) is 0 Å². The SMILES string of the molecule is Cn1nc(CN(Cc2ccco2)C(=O)c2ccc3ccccc3n2)c2c1CCC2. The lowest BCUT2D eigenvalue weighted by molar-refractivity contribution is 0.0709. The highest BCUT2D eigenvalue weighted by molar-refractivity contribution is 5.94. The average Bonchev–Trinajstić information content (AvgIpc) is 3.48. The summed E-state index contributed by atoms with van der Waals surface area (Å²) >= 11 is 0. The van der Waals surface area contributed by atoms with E-state index in [0.29, 0.717) is 18.8 Å². The van der Waals surface area contributed by atoms with Crippen molar-refractivity contribution in [3.05, 3.63) is 83.2 Å². The number of para-hydroxylation sites is 1. The minimum absolute atomic E-state index is 0.121. The standard InChI is InChI=1S/C23H22N4O2/c1-26-22-10-4-8-18(22)21(25-26)15-27(14-17-7-5-13-29-17)23(28)20-12-11-16-6-2-3-9-19(16)24-20/h2-3,5-7,9,11-13H,4,8,10,14-15H2,1H3. The van der Waals surface area contributed by atoms with E-state index in [1.807, 2.05) is 54.2 Å². The van der Waals surface area contributed by atoms with E-state index in [0.717, 1.165) is 41.6 Å². The van der Waals surface area contributed by atoms with Crippen molar-refractivity contribution in [2.24, 2.45) is 7.05 Å². The minimum Gasteiger partial charge on any atom is -0.467 e. The van der Waals surface area contributed by atoms with Crippen LogP contribution in [0.1, 0.15) is 39.6 Å². The predicted molar refractivity (Wildman–Crippen MR) is 109 cm³/mol. The Morgan fingerprint density at radius 2 is 2.00 bits per heavy atom. The van der Waals surface area contributed by atoms with Gasteiger partial charge in [0.15, 0.2) is 0 Å². The van der Waals surface area contributed by atoms with Gasteiger partial charge in [0, 0.05) is 18.1 Å². The molecule has 0 spiro atoms. The Morgan fingerprint density at radius 1 is 1.10 bits per heavy atom. The summed E-state index contributed by atoms with van der Waals surface area (Å²) in [6.07, 6.45) is 4.85. The van der Waals surface area contributed by atoms with Crippen LogP contribution in [0.5, 0.6) is 0 Å². The topological polar surface area (TPSA) is 64.2 Å². The lowest BCUT2D eigenvalue weighted by Crippen LogP contribution is -2.31. The molecule has 0 N–H and O–H groups in total. The van der Waals surface area contributed by atoms with Gasteiger partial charge in [0.1, 0.15) is 11.5 Å². The van der Waals surface area contributed by atoms with Crippen LogP contribution < -0.4 is 0 Å². The number of benzene rings is 1. The molecule has 4 aromatic rings. The molecule has 0 atom stereocenters. The number of hydrogen-bond acceptors (Lipinski definition) is 4. The normalized spacial score (nSPS) is 13.0. The van der Waals surface area contributed by atoms with Crippen LogP contribution in [-0.4, -0.2) is 25.6 Å². The Kier molecular flexibility index (Phi) is 4.39. The molecule has 0 unspecified atom stereocenters. The van der Waals surface area contributed by atoms with Crippen molar-refractivity contribution in [2.75, 3.05) is 0 Å². The van der Waals surface area contributed by atoms with Crippen LogP contribution in [0.25, 0.3) is 10.9 Å². The van der Waals surface area contributed by atoms with Crippen molar-refractivity contribution < 1.29 is 9.21 Å². The summed E-state index contributed by atoms with van der Waals surface area (Å²) in [7, 11) is 1.98. The maximum Gasteiger partial charge on any atom is 0.273 e. The zero-order valence-corrected chi connectivity index (χ0v) is 16.3. The van der Waals surface area contributed by atoms with Crippen molar-refractivity contribution in [2.45, 2.75) is 32.4 Å². The number of pyridine rings is 1. The molecule has 1 amide bonds. The van der Waals surface area contributed by atoms with Crippen molar-refractivity contribution >= 4 is 16.8 Å². The fourth-order valence-corrected chi connectivity index (χ4v) is 4.14. The van der Waals surface area contributed by atoms with Crippen molar-refractivity contribution in [3.63, 3.8) is 0 Å². The Labute approximate surface area is 168 Å². The highest BCUT2D eigenvalue weighted by Gasteiger charge is 2.26. The van der Waals surface area contributed by atoms with Gasteiger partial charge in [0.25, 0.3) is 5.91 Å². The van der Waals surface area contributed by atoms with E-state index in [4.69, 9.17) is 9.52 Å². The van der Waals surface area contributed by atoms with Gasteiger partial charge in [-0.05, 0) is 49.1 Å². The predicted octanol–water partition coefficient (Wildman–Crippen LogP) is 3.89. The highest BCUT2D eigenvalue weighted by Crippen LogP contribution is 2.26. The molecule has 1 aliphatic carbocycles. The third-order valence-corrected chi connectivity index (χ3v) is 5.57. The molecular weight excluding hydrogens is 364 g/mol. The van der Waals surface area contributed by atoms with E-state index < -0.39 is 0 Å². The molecule has 0 bridgehead atoms. The van der Waals surface area contributed by atoms with Gasteiger partial charge in [-0.1, -0.05) is 24.3 Å². The van der Waals surface area contributed by atoms with Crippen LogP contribution >= 0.6 is 0 Å². The molecule has 0 saturated heterocycles. The first-order valence-electron chi connectivity index (χ1n) is 9.90. The fourth-order valence-electron chi connectivity index (χ4n) is 4.14. The van der Waals surface area contributed by atoms with Crippen molar-refractivity contribution in [1.82, 2.24) is 19.7 Å². The molecule has 3 heterocycles. The quantitative estimate of drug-likeness (QED) is 0.522. The average molecular weight is 386 g/mol. The maximum atomic E-state index is 13.4. The molecule has 5 rings (SSSR count). The van der Waals surface area contributed by atoms with Crippen LogP contribution in [-0.2, 0) is 33.0 Å². The lowest BCUT2D eigenvalue weighted by Gasteiger charge is -2.21. The van der Waals surface area contributed by atoms with Gasteiger partial charge in [-0.2, -0.15) is 5.10 Å². The first-order valence-corrected chi connectivity index (χ1v) is 9.90. The molecule has 0 saturated carbocycles. The summed E-state index contributed by atoms with van der Waals surface area (Å²) < 4.78 is 7.48. The van der Waals surface area contributed by atoms with Crippen molar-refractivity contribution in [1.29, 1.82) is 0 Å². The number of carbonyl (C=O) groups excluding carboxylic acids is 1. The summed E-state index contributed by atoms with van der Waals surface area (Å²) in [4.78, 5) is 19.8. The maximum absolute atomic E-state index is 13.4. The van der Waals surface area contributed by atoms with E-state index in [2.05, 4.69) is 4.98 Å². The third kappa shape index (κ3) is 3.31. The molecule has 6 heteroatoms. The number of amides is 1. The van der Waals surface area contributed by atoms with Gasteiger partial charge in [-0.25, -0.2) is 4.98 Å². The number of hydrogen-bond donors (Lipinski definition) is 0. The zero-order chi connectivity index (χ0) is 19.8. The summed E-state index contributed by atoms with van der Waals surface area (Å²) in [6.45, 7) is 0.822. The largest absolute Gasteiger partial charge is 0.467 e. The molecule has 146 valence electrons. The molecule has 3 aromatic heterocycles. The Bertz CT molecular complexity index is 1180. The van der Waals surface area contributed by atoms with Gasteiger partial charge in [-0.15, -0.1) is 0 Å². The second-order valence-corrected chi connectivity index (χ2v) is 7.48. The highest BCUT2D eigenvalue weighted by atomic mass is 16.3. The van der Waals surface area contributed by atoms with Gasteiger partial charge < -0.3 is 9.32 Å². The molecule has 0 radical (unpaired) electrons. The van der Waals surface area contributed by atoms with E-state index in [1.54, 1.807) is 17.2 Å². The molecule has 29 heavy (non-hydrogen) atoms. The minimum atomic E-state index is -0.121. The van der Waals surface area contributed by atoms with Crippen LogP contribution in [0.2, 0.25) is 0 Å². The van der Waals surface area contributed by atoms with Crippen LogP contribution in [0.4, 0.5) is 0 Å². The lowest BCUT2D eigenvalue weighted by atomic mass is 10.1. The van der Waals surface area contributed by atoms with Gasteiger partial charge >= 0.3 is 0 Å². The summed E-state index contributed by atoms with van der Waals surface area (Å²) in [5, 5.41) is 5.72. The summed E-state index contributed by atoms with van der Waals surface area (Å²) in [5.41, 5.74) is 4.80. The van der Waals surface area contributed by atoms with Gasteiger partial charge in [0.2, 0.25) is 0 Å². The third-order valence-electron chi connectivity index (χ3n) is 5.57. The monoisotopic (exact) mass is 386 g/mol. The Balaban J connectivity index is 1.49. The molecule has 1 aromatic carbocycles. The molecule has 0 fully saturated rings. The molecule has 0 aliphatic heterocycles. The second-order valence-electron chi connectivity index (χ2n) is 7.48. The molecule has 6 nitrogen and oxygen atoms in total. The fraction of sp³-hybridized carbons (Fsp3) is 0.261. The first kappa shape index (κ1) is 17.7. The van der Waals surface area contributed by atoms with Crippen LogP contribution in [0.3, 0.4) is 0 Å². The number of aryl methyl sites for hydroxylation is 1. The first-order chi connectivity index (χ1) is 14.2. The van der Waals surface area contributed by atoms with E-state index in [-0.39, 0.29) is 5.91 Å². The second kappa shape index (κ2) is 7.20. The Morgan fingerprint density at radius 3 is 2.86 bits per heavy atom. The van der Waals surface area contributed by atoms with Crippen LogP contribution in [0.15, 0.2) is 59.2 Å². The van der Waals surface area contributed by atoms with Gasteiger partial charge in [0.05, 0.1) is 30.6 Å². The van der Waals surface area contributed by atoms with E-state index >= 15 is 0 Å². The number of fused-ring (bicyclic) bond motifs is 2. The van der Waals surface area contributed by atoms with E-state index in [1.165, 1.54) is 11.3 Å². The smallest absolute Gasteiger partial charge is 0.273 e. The Hall–Kier alpha value is -3.41. The number of rotatable bonds is 5. The number of nitrogens with zero attached hydrogens (tertiary/aromatic N) is 4. The van der Waals surface area contributed by atoms with E-state index in [9.17, 15) is 4.79 Å². The summed E-state index contributed by atoms with van der Waals surface area (Å²) in [6, 6.07) is 15.3. The number of aromatic nitrogens is 3. The summed E-state index contributed by atoms with van der Waals surface area (Å²) in [5.74, 6) is 0.622. The molecular formula is C23H22N4O2. The zero-order valence-electron chi connectivity index (χ0n) is 16.3. The van der Waals surface area contributed by atoms with Crippen molar-refractivity contribution in [3.8, 4) is 0 Å².